The van der Waals surface area contributed by atoms with E-state index >= 15 is 0 Å². The summed E-state index contributed by atoms with van der Waals surface area (Å²) in [7, 11) is 0. The monoisotopic (exact) mass is 868 g/mol. The van der Waals surface area contributed by atoms with Crippen molar-refractivity contribution in [2.45, 2.75) is 44.9 Å². The second-order valence-electron chi connectivity index (χ2n) is 18.2. The highest BCUT2D eigenvalue weighted by Gasteiger charge is 2.36. The van der Waals surface area contributed by atoms with Gasteiger partial charge in [0.25, 0.3) is 0 Å². The number of benzene rings is 7. The van der Waals surface area contributed by atoms with E-state index in [1.807, 2.05) is 60.7 Å². The maximum absolute atomic E-state index is 6.91. The Morgan fingerprint density at radius 2 is 1.30 bits per heavy atom. The molecule has 3 aliphatic carbocycles. The molecule has 0 bridgehead atoms. The van der Waals surface area contributed by atoms with Crippen LogP contribution >= 0.6 is 0 Å². The zero-order valence-corrected chi connectivity index (χ0v) is 38.2. The Bertz CT molecular complexity index is 3250. The van der Waals surface area contributed by atoms with E-state index in [4.69, 9.17) is 9.47 Å². The molecule has 4 nitrogen and oxygen atoms in total. The number of fused-ring (bicyclic) bond motifs is 8. The molecule has 326 valence electrons. The third-order valence-electron chi connectivity index (χ3n) is 13.8. The van der Waals surface area contributed by atoms with E-state index in [0.29, 0.717) is 23.0 Å². The van der Waals surface area contributed by atoms with E-state index in [2.05, 4.69) is 165 Å². The predicted molar refractivity (Wildman–Crippen MR) is 281 cm³/mol. The zero-order valence-electron chi connectivity index (χ0n) is 38.2. The fourth-order valence-corrected chi connectivity index (χ4v) is 10.6. The number of ether oxygens (including phenoxy) is 2. The second kappa shape index (κ2) is 16.7. The number of anilines is 5. The van der Waals surface area contributed by atoms with Crippen molar-refractivity contribution in [2.24, 2.45) is 0 Å². The Morgan fingerprint density at radius 1 is 0.642 bits per heavy atom. The molecule has 0 aromatic heterocycles. The van der Waals surface area contributed by atoms with Crippen LogP contribution in [0.1, 0.15) is 76.8 Å². The van der Waals surface area contributed by atoms with Gasteiger partial charge in [0.1, 0.15) is 23.0 Å². The summed E-state index contributed by atoms with van der Waals surface area (Å²) in [6.07, 6.45) is 17.1. The lowest BCUT2D eigenvalue weighted by Crippen LogP contribution is -2.18. The lowest BCUT2D eigenvalue weighted by atomic mass is 9.82. The van der Waals surface area contributed by atoms with Gasteiger partial charge in [-0.05, 0) is 137 Å². The molecule has 7 aromatic carbocycles. The van der Waals surface area contributed by atoms with Gasteiger partial charge in [0.05, 0.1) is 5.69 Å². The van der Waals surface area contributed by atoms with Crippen LogP contribution in [0.5, 0.6) is 11.5 Å². The average molecular weight is 869 g/mol. The zero-order chi connectivity index (χ0) is 45.8. The number of para-hydroxylation sites is 2. The first kappa shape index (κ1) is 41.6. The molecule has 67 heavy (non-hydrogen) atoms. The minimum absolute atomic E-state index is 0.155. The van der Waals surface area contributed by atoms with Crippen molar-refractivity contribution in [3.05, 3.63) is 258 Å². The second-order valence-corrected chi connectivity index (χ2v) is 18.2. The molecule has 0 N–H and O–H groups in total. The Labute approximate surface area is 394 Å². The highest BCUT2D eigenvalue weighted by atomic mass is 16.5. The van der Waals surface area contributed by atoms with E-state index in [1.165, 1.54) is 50.2 Å². The fraction of sp³-hybridized carbons (Fsp3) is 0.111. The molecular weight excluding hydrogens is 817 g/mol. The van der Waals surface area contributed by atoms with Crippen LogP contribution < -0.4 is 14.5 Å². The molecule has 1 heterocycles. The summed E-state index contributed by atoms with van der Waals surface area (Å²) >= 11 is 0. The van der Waals surface area contributed by atoms with Crippen LogP contribution in [0.4, 0.5) is 28.4 Å². The minimum atomic E-state index is -0.155. The smallest absolute Gasteiger partial charge is 0.137 e. The van der Waals surface area contributed by atoms with E-state index in [1.54, 1.807) is 6.08 Å². The van der Waals surface area contributed by atoms with E-state index in [-0.39, 0.29) is 5.41 Å². The van der Waals surface area contributed by atoms with Crippen molar-refractivity contribution >= 4 is 51.9 Å². The lowest BCUT2D eigenvalue weighted by molar-refractivity contribution is 0.400. The molecule has 0 amide bonds. The van der Waals surface area contributed by atoms with Gasteiger partial charge < -0.3 is 19.3 Å². The van der Waals surface area contributed by atoms with Gasteiger partial charge in [-0.15, -0.1) is 0 Å². The van der Waals surface area contributed by atoms with Crippen LogP contribution in [0.3, 0.4) is 0 Å². The van der Waals surface area contributed by atoms with Crippen molar-refractivity contribution < 1.29 is 9.47 Å². The number of hydrogen-bond acceptors (Lipinski definition) is 4. The van der Waals surface area contributed by atoms with Gasteiger partial charge in [-0.1, -0.05) is 143 Å². The quantitative estimate of drug-likeness (QED) is 0.0955. The molecule has 7 aromatic rings. The molecule has 0 spiro atoms. The van der Waals surface area contributed by atoms with Crippen molar-refractivity contribution in [1.29, 1.82) is 0 Å². The number of allylic oxidation sites excluding steroid dienone is 4. The molecule has 0 saturated heterocycles. The van der Waals surface area contributed by atoms with Crippen LogP contribution in [0.2, 0.25) is 0 Å². The van der Waals surface area contributed by atoms with Gasteiger partial charge in [-0.3, -0.25) is 0 Å². The topological polar surface area (TPSA) is 24.9 Å². The van der Waals surface area contributed by atoms with Gasteiger partial charge in [0.2, 0.25) is 0 Å². The van der Waals surface area contributed by atoms with Gasteiger partial charge in [0.15, 0.2) is 0 Å². The molecule has 0 radical (unpaired) electrons. The Kier molecular flexibility index (Phi) is 10.4. The Balaban J connectivity index is 0.958. The maximum atomic E-state index is 6.91. The van der Waals surface area contributed by atoms with E-state index in [0.717, 1.165) is 76.4 Å². The summed E-state index contributed by atoms with van der Waals surface area (Å²) in [5.41, 5.74) is 20.0. The lowest BCUT2D eigenvalue weighted by Gasteiger charge is -2.33. The van der Waals surface area contributed by atoms with Crippen molar-refractivity contribution in [3.63, 3.8) is 0 Å². The van der Waals surface area contributed by atoms with Crippen LogP contribution in [0, 0.1) is 0 Å². The molecule has 4 heteroatoms. The molecule has 4 aliphatic rings. The van der Waals surface area contributed by atoms with Crippen molar-refractivity contribution in [1.82, 2.24) is 0 Å². The summed E-state index contributed by atoms with van der Waals surface area (Å²) < 4.78 is 13.4. The van der Waals surface area contributed by atoms with Crippen LogP contribution in [0.25, 0.3) is 34.6 Å². The van der Waals surface area contributed by atoms with Gasteiger partial charge in [0, 0.05) is 68.3 Å². The fourth-order valence-electron chi connectivity index (χ4n) is 10.6. The first-order valence-corrected chi connectivity index (χ1v) is 23.2. The first-order valence-electron chi connectivity index (χ1n) is 23.2. The van der Waals surface area contributed by atoms with Crippen LogP contribution in [-0.4, -0.2) is 0 Å². The average Bonchev–Trinajstić information content (AvgIpc) is 3.59. The molecule has 0 fully saturated rings. The highest BCUT2D eigenvalue weighted by Crippen LogP contribution is 2.53. The summed E-state index contributed by atoms with van der Waals surface area (Å²) in [6, 6.07) is 51.1. The van der Waals surface area contributed by atoms with Crippen molar-refractivity contribution in [2.75, 3.05) is 9.80 Å². The minimum Gasteiger partial charge on any atom is -0.457 e. The first-order chi connectivity index (χ1) is 32.7. The van der Waals surface area contributed by atoms with E-state index in [9.17, 15) is 0 Å². The van der Waals surface area contributed by atoms with Crippen molar-refractivity contribution in [3.8, 4) is 22.6 Å². The normalized spacial score (nSPS) is 14.6. The SMILES string of the molecule is C=C/C(=C\C(=C)N(c1ccccc1)c1ccccc1)OC(=C)c1cccc2c1C(=C)c1ccc(N(c3ccc4c(c3)C(C)(C)c3ccccc3-4)c3cc4c(c5c3C=CCC5)CCC=C4)cc1O2. The largest absolute Gasteiger partial charge is 0.457 e. The summed E-state index contributed by atoms with van der Waals surface area (Å²) in [6.45, 7) is 22.4. The summed E-state index contributed by atoms with van der Waals surface area (Å²) in [5, 5.41) is 0. The van der Waals surface area contributed by atoms with Gasteiger partial charge in [-0.2, -0.15) is 0 Å². The highest BCUT2D eigenvalue weighted by molar-refractivity contribution is 5.95. The molecular formula is C63H52N2O2. The summed E-state index contributed by atoms with van der Waals surface area (Å²) in [5.74, 6) is 2.38. The molecule has 11 rings (SSSR count). The number of hydrogen-bond donors (Lipinski definition) is 0. The standard InChI is InChI=1S/C63H52N2O2/c1-7-49(37-41(2)64(45-22-10-8-11-23-45)46-24-12-9-13-25-46)66-43(4)51-30-20-32-60-62(51)42(3)50-35-33-48(40-61(50)67-60)65(59-38-44-21-14-15-26-52(44)53-27-16-17-29-56(53)59)47-34-36-55-54-28-18-19-31-57(54)63(5,6)58(55)39-47/h7-14,17-25,28-40H,1-4,15-16,26-27H2,5-6H3/b49-37+. The third-order valence-corrected chi connectivity index (χ3v) is 13.8. The molecule has 0 unspecified atom stereocenters. The third kappa shape index (κ3) is 7.17. The number of rotatable bonds is 11. The Hall–Kier alpha value is -8.08. The summed E-state index contributed by atoms with van der Waals surface area (Å²) in [4.78, 5) is 4.53. The Morgan fingerprint density at radius 3 is 2.04 bits per heavy atom. The van der Waals surface area contributed by atoms with Crippen LogP contribution in [0.15, 0.2) is 208 Å². The predicted octanol–water partition coefficient (Wildman–Crippen LogP) is 17.0. The number of nitrogens with zero attached hydrogens (tertiary/aromatic N) is 2. The van der Waals surface area contributed by atoms with Gasteiger partial charge >= 0.3 is 0 Å². The molecule has 0 saturated carbocycles. The van der Waals surface area contributed by atoms with E-state index < -0.39 is 0 Å². The van der Waals surface area contributed by atoms with Gasteiger partial charge in [-0.25, -0.2) is 0 Å². The maximum Gasteiger partial charge on any atom is 0.137 e. The molecule has 1 aliphatic heterocycles. The van der Waals surface area contributed by atoms with Crippen LogP contribution in [-0.2, 0) is 23.0 Å². The molecule has 0 atom stereocenters.